The third kappa shape index (κ3) is 17.8. The minimum atomic E-state index is -1.02. The number of carbonyl (C=O) groups is 2. The molecule has 1 amide bonds. The Labute approximate surface area is 172 Å². The summed E-state index contributed by atoms with van der Waals surface area (Å²) in [5, 5.41) is 18.7. The van der Waals surface area contributed by atoms with Crippen LogP contribution in [-0.4, -0.2) is 41.4 Å². The van der Waals surface area contributed by atoms with E-state index in [0.29, 0.717) is 6.42 Å². The Kier molecular flexibility index (Phi) is 17.7. The molecule has 0 rings (SSSR count). The first-order valence-corrected chi connectivity index (χ1v) is 11.3. The van der Waals surface area contributed by atoms with Crippen molar-refractivity contribution in [2.45, 2.75) is 110 Å². The maximum Gasteiger partial charge on any atom is 0.323 e. The second-order valence-corrected chi connectivity index (χ2v) is 7.85. The van der Waals surface area contributed by atoms with E-state index in [1.807, 2.05) is 0 Å². The minimum Gasteiger partial charge on any atom is -0.480 e. The lowest BCUT2D eigenvalue weighted by Crippen LogP contribution is -2.43. The van der Waals surface area contributed by atoms with Crippen molar-refractivity contribution in [3.8, 4) is 0 Å². The number of likely N-dealkylation sites (N-methyl/N-ethyl adjacent to an activating group) is 1. The molecule has 0 radical (unpaired) electrons. The summed E-state index contributed by atoms with van der Waals surface area (Å²) in [5.41, 5.74) is 0. The predicted molar refractivity (Wildman–Crippen MR) is 116 cm³/mol. The summed E-state index contributed by atoms with van der Waals surface area (Å²) in [6.45, 7) is 1.97. The quantitative estimate of drug-likeness (QED) is 0.166. The first kappa shape index (κ1) is 26.4. The molecular formula is C22H43N3O3. The third-order valence-electron chi connectivity index (χ3n) is 5.02. The average Bonchev–Trinajstić information content (AvgIpc) is 2.64. The number of rotatable bonds is 18. The van der Waals surface area contributed by atoms with Crippen molar-refractivity contribution in [1.29, 1.82) is 5.41 Å². The Balaban J connectivity index is 3.35. The molecule has 0 bridgehead atoms. The zero-order valence-electron chi connectivity index (χ0n) is 18.2. The molecular weight excluding hydrogens is 354 g/mol. The highest BCUT2D eigenvalue weighted by Gasteiger charge is 2.11. The highest BCUT2D eigenvalue weighted by atomic mass is 16.4. The molecule has 0 aliphatic carbocycles. The third-order valence-corrected chi connectivity index (χ3v) is 5.02. The maximum atomic E-state index is 11.8. The molecule has 0 spiro atoms. The van der Waals surface area contributed by atoms with Crippen LogP contribution < -0.4 is 5.32 Å². The number of nitrogens with zero attached hydrogens (tertiary/aromatic N) is 1. The van der Waals surface area contributed by atoms with Crippen LogP contribution in [0.3, 0.4) is 0 Å². The molecule has 0 saturated heterocycles. The van der Waals surface area contributed by atoms with Gasteiger partial charge in [-0.15, -0.1) is 0 Å². The monoisotopic (exact) mass is 397 g/mol. The zero-order chi connectivity index (χ0) is 21.0. The second kappa shape index (κ2) is 18.8. The zero-order valence-corrected chi connectivity index (χ0v) is 18.2. The van der Waals surface area contributed by atoms with Crippen LogP contribution >= 0.6 is 0 Å². The van der Waals surface area contributed by atoms with Crippen LogP contribution in [0.15, 0.2) is 0 Å². The van der Waals surface area contributed by atoms with E-state index >= 15 is 0 Å². The Bertz CT molecular complexity index is 427. The first-order valence-electron chi connectivity index (χ1n) is 11.3. The van der Waals surface area contributed by atoms with Gasteiger partial charge in [0.25, 0.3) is 0 Å². The van der Waals surface area contributed by atoms with Gasteiger partial charge in [0.15, 0.2) is 5.96 Å². The number of unbranched alkanes of at least 4 members (excludes halogenated alkanes) is 14. The van der Waals surface area contributed by atoms with Crippen molar-refractivity contribution in [3.05, 3.63) is 0 Å². The lowest BCUT2D eigenvalue weighted by molar-refractivity contribution is -0.137. The summed E-state index contributed by atoms with van der Waals surface area (Å²) in [6.07, 6.45) is 19.7. The number of carbonyl (C=O) groups excluding carboxylic acids is 1. The van der Waals surface area contributed by atoms with E-state index in [0.717, 1.165) is 19.3 Å². The molecule has 6 heteroatoms. The highest BCUT2D eigenvalue weighted by Crippen LogP contribution is 2.13. The molecule has 0 atom stereocenters. The van der Waals surface area contributed by atoms with Gasteiger partial charge in [0.1, 0.15) is 6.54 Å². The van der Waals surface area contributed by atoms with Crippen molar-refractivity contribution >= 4 is 17.8 Å². The van der Waals surface area contributed by atoms with E-state index in [1.54, 1.807) is 0 Å². The van der Waals surface area contributed by atoms with Gasteiger partial charge in [-0.1, -0.05) is 96.8 Å². The summed E-state index contributed by atoms with van der Waals surface area (Å²) < 4.78 is 0. The van der Waals surface area contributed by atoms with E-state index in [9.17, 15) is 9.59 Å². The van der Waals surface area contributed by atoms with Gasteiger partial charge in [-0.25, -0.2) is 0 Å². The summed E-state index contributed by atoms with van der Waals surface area (Å²) in [7, 11) is 1.48. The SMILES string of the molecule is CCCCCCCCCCCCCCCCCC(=O)NC(=N)N(C)CC(=O)O. The molecule has 0 aliphatic heterocycles. The fourth-order valence-corrected chi connectivity index (χ4v) is 3.23. The van der Waals surface area contributed by atoms with E-state index in [1.165, 1.54) is 89.0 Å². The number of aliphatic carboxylic acids is 1. The first-order chi connectivity index (χ1) is 13.5. The van der Waals surface area contributed by atoms with Gasteiger partial charge >= 0.3 is 5.97 Å². The number of carboxylic acid groups (broad SMARTS) is 1. The van der Waals surface area contributed by atoms with Crippen LogP contribution in [0.1, 0.15) is 110 Å². The van der Waals surface area contributed by atoms with Crippen LogP contribution in [0.4, 0.5) is 0 Å². The molecule has 0 saturated carbocycles. The summed E-state index contributed by atoms with van der Waals surface area (Å²) in [4.78, 5) is 23.5. The van der Waals surface area contributed by atoms with E-state index in [4.69, 9.17) is 10.5 Å². The molecule has 0 aromatic rings. The van der Waals surface area contributed by atoms with Gasteiger partial charge in [-0.2, -0.15) is 0 Å². The molecule has 0 unspecified atom stereocenters. The number of carboxylic acids is 1. The van der Waals surface area contributed by atoms with Gasteiger partial charge in [0.2, 0.25) is 5.91 Å². The Morgan fingerprint density at radius 3 is 1.57 bits per heavy atom. The van der Waals surface area contributed by atoms with Crippen molar-refractivity contribution in [1.82, 2.24) is 10.2 Å². The Hall–Kier alpha value is -1.59. The van der Waals surface area contributed by atoms with Crippen molar-refractivity contribution in [2.75, 3.05) is 13.6 Å². The van der Waals surface area contributed by atoms with Crippen LogP contribution in [0, 0.1) is 5.41 Å². The topological polar surface area (TPSA) is 93.5 Å². The predicted octanol–water partition coefficient (Wildman–Crippen LogP) is 5.32. The maximum absolute atomic E-state index is 11.8. The summed E-state index contributed by atoms with van der Waals surface area (Å²) in [5.74, 6) is -1.39. The van der Waals surface area contributed by atoms with Crippen molar-refractivity contribution in [2.24, 2.45) is 0 Å². The normalized spacial score (nSPS) is 10.6. The molecule has 0 aliphatic rings. The van der Waals surface area contributed by atoms with Crippen LogP contribution in [0.5, 0.6) is 0 Å². The fraction of sp³-hybridized carbons (Fsp3) is 0.864. The van der Waals surface area contributed by atoms with E-state index < -0.39 is 5.97 Å². The molecule has 164 valence electrons. The minimum absolute atomic E-state index is 0.159. The number of guanidine groups is 1. The molecule has 3 N–H and O–H groups in total. The number of amides is 1. The van der Waals surface area contributed by atoms with Crippen LogP contribution in [0.2, 0.25) is 0 Å². The van der Waals surface area contributed by atoms with Crippen molar-refractivity contribution in [3.63, 3.8) is 0 Å². The van der Waals surface area contributed by atoms with Crippen LogP contribution in [0.25, 0.3) is 0 Å². The summed E-state index contributed by atoms with van der Waals surface area (Å²) in [6, 6.07) is 0. The van der Waals surface area contributed by atoms with Gasteiger partial charge in [0.05, 0.1) is 0 Å². The number of hydrogen-bond donors (Lipinski definition) is 3. The largest absolute Gasteiger partial charge is 0.480 e. The fourth-order valence-electron chi connectivity index (χ4n) is 3.23. The highest BCUT2D eigenvalue weighted by molar-refractivity contribution is 5.96. The standard InChI is InChI=1S/C22H43N3O3/c1-3-4-5-6-7-8-9-10-11-12-13-14-15-16-17-18-20(26)24-22(23)25(2)19-21(27)28/h3-19H2,1-2H3,(H,27,28)(H2,23,24,26). The second-order valence-electron chi connectivity index (χ2n) is 7.85. The number of hydrogen-bond acceptors (Lipinski definition) is 3. The molecule has 0 aromatic carbocycles. The lowest BCUT2D eigenvalue weighted by atomic mass is 10.0. The van der Waals surface area contributed by atoms with Crippen molar-refractivity contribution < 1.29 is 14.7 Å². The molecule has 0 aromatic heterocycles. The average molecular weight is 398 g/mol. The molecule has 0 heterocycles. The molecule has 28 heavy (non-hydrogen) atoms. The number of nitrogens with one attached hydrogen (secondary N) is 2. The Morgan fingerprint density at radius 2 is 1.18 bits per heavy atom. The van der Waals surface area contributed by atoms with Gasteiger partial charge in [0, 0.05) is 13.5 Å². The molecule has 6 nitrogen and oxygen atoms in total. The van der Waals surface area contributed by atoms with E-state index in [2.05, 4.69) is 12.2 Å². The van der Waals surface area contributed by atoms with Crippen LogP contribution in [-0.2, 0) is 9.59 Å². The Morgan fingerprint density at radius 1 is 0.786 bits per heavy atom. The van der Waals surface area contributed by atoms with Gasteiger partial charge in [-0.05, 0) is 6.42 Å². The smallest absolute Gasteiger partial charge is 0.323 e. The summed E-state index contributed by atoms with van der Waals surface area (Å²) >= 11 is 0. The lowest BCUT2D eigenvalue weighted by Gasteiger charge is -2.17. The van der Waals surface area contributed by atoms with Gasteiger partial charge in [-0.3, -0.25) is 20.3 Å². The molecule has 0 fully saturated rings. The van der Waals surface area contributed by atoms with E-state index in [-0.39, 0.29) is 18.4 Å². The van der Waals surface area contributed by atoms with Gasteiger partial charge < -0.3 is 10.0 Å².